The first-order chi connectivity index (χ1) is 8.52. The van der Waals surface area contributed by atoms with Crippen LogP contribution >= 0.6 is 15.9 Å². The summed E-state index contributed by atoms with van der Waals surface area (Å²) in [5, 5.41) is 11.1. The van der Waals surface area contributed by atoms with Gasteiger partial charge in [-0.05, 0) is 37.5 Å². The number of hydrogen-bond acceptors (Lipinski definition) is 2. The highest BCUT2D eigenvalue weighted by Crippen LogP contribution is 2.49. The molecule has 1 aromatic rings. The molecule has 0 spiro atoms. The highest BCUT2D eigenvalue weighted by molar-refractivity contribution is 9.10. The van der Waals surface area contributed by atoms with Gasteiger partial charge in [0.25, 0.3) is 0 Å². The molecule has 1 aliphatic rings. The van der Waals surface area contributed by atoms with Crippen molar-refractivity contribution in [2.75, 3.05) is 6.54 Å². The highest BCUT2D eigenvalue weighted by atomic mass is 79.9. The first-order valence-corrected chi connectivity index (χ1v) is 7.50. The summed E-state index contributed by atoms with van der Waals surface area (Å²) in [5.74, 6) is 0. The maximum Gasteiger partial charge on any atom is 0.0936 e. The summed E-state index contributed by atoms with van der Waals surface area (Å²) in [5.41, 5.74) is 5.98. The zero-order chi connectivity index (χ0) is 13.2. The predicted octanol–water partition coefficient (Wildman–Crippen LogP) is 3.57. The van der Waals surface area contributed by atoms with E-state index in [1.807, 2.05) is 31.2 Å². The molecule has 100 valence electrons. The molecular formula is C15H22BrNO. The van der Waals surface area contributed by atoms with E-state index in [2.05, 4.69) is 15.9 Å². The first-order valence-electron chi connectivity index (χ1n) is 6.70. The Balaban J connectivity index is 2.35. The molecule has 1 unspecified atom stereocenters. The lowest BCUT2D eigenvalue weighted by Crippen LogP contribution is -2.49. The van der Waals surface area contributed by atoms with Crippen LogP contribution in [-0.4, -0.2) is 11.7 Å². The molecule has 1 saturated carbocycles. The third-order valence-electron chi connectivity index (χ3n) is 4.64. The van der Waals surface area contributed by atoms with Crippen LogP contribution in [0.15, 0.2) is 28.7 Å². The van der Waals surface area contributed by atoms with Crippen LogP contribution in [0.1, 0.15) is 44.6 Å². The zero-order valence-electron chi connectivity index (χ0n) is 11.0. The predicted molar refractivity (Wildman–Crippen MR) is 78.3 cm³/mol. The number of nitrogens with two attached hydrogens (primary N) is 1. The third-order valence-corrected chi connectivity index (χ3v) is 5.17. The van der Waals surface area contributed by atoms with Gasteiger partial charge < -0.3 is 10.8 Å². The van der Waals surface area contributed by atoms with Crippen molar-refractivity contribution in [3.8, 4) is 0 Å². The van der Waals surface area contributed by atoms with E-state index in [4.69, 9.17) is 5.73 Å². The second-order valence-electron chi connectivity index (χ2n) is 5.62. The molecule has 1 aliphatic carbocycles. The molecule has 18 heavy (non-hydrogen) atoms. The molecule has 3 heteroatoms. The molecule has 0 bridgehead atoms. The van der Waals surface area contributed by atoms with Crippen LogP contribution in [0, 0.1) is 5.41 Å². The second kappa shape index (κ2) is 5.32. The van der Waals surface area contributed by atoms with Gasteiger partial charge in [0.05, 0.1) is 5.60 Å². The molecule has 0 saturated heterocycles. The number of benzene rings is 1. The van der Waals surface area contributed by atoms with E-state index >= 15 is 0 Å². The molecule has 0 aromatic heterocycles. The minimum Gasteiger partial charge on any atom is -0.385 e. The van der Waals surface area contributed by atoms with Crippen molar-refractivity contribution in [3.05, 3.63) is 34.3 Å². The summed E-state index contributed by atoms with van der Waals surface area (Å²) in [6.45, 7) is 2.48. The average Bonchev–Trinajstić information content (AvgIpc) is 2.40. The van der Waals surface area contributed by atoms with E-state index in [0.29, 0.717) is 6.54 Å². The van der Waals surface area contributed by atoms with Crippen LogP contribution in [0.3, 0.4) is 0 Å². The summed E-state index contributed by atoms with van der Waals surface area (Å²) in [6.07, 6.45) is 5.64. The molecule has 0 aliphatic heterocycles. The minimum absolute atomic E-state index is 0.168. The van der Waals surface area contributed by atoms with Gasteiger partial charge in [0.2, 0.25) is 0 Å². The largest absolute Gasteiger partial charge is 0.385 e. The second-order valence-corrected chi connectivity index (χ2v) is 6.54. The van der Waals surface area contributed by atoms with Crippen molar-refractivity contribution in [1.82, 2.24) is 0 Å². The smallest absolute Gasteiger partial charge is 0.0936 e. The highest BCUT2D eigenvalue weighted by Gasteiger charge is 2.47. The van der Waals surface area contributed by atoms with Crippen LogP contribution < -0.4 is 5.73 Å². The molecular weight excluding hydrogens is 290 g/mol. The monoisotopic (exact) mass is 311 g/mol. The fraction of sp³-hybridized carbons (Fsp3) is 0.600. The van der Waals surface area contributed by atoms with E-state index in [1.54, 1.807) is 0 Å². The fourth-order valence-corrected chi connectivity index (χ4v) is 3.46. The van der Waals surface area contributed by atoms with Gasteiger partial charge in [-0.2, -0.15) is 0 Å². The van der Waals surface area contributed by atoms with E-state index in [9.17, 15) is 5.11 Å². The van der Waals surface area contributed by atoms with Crippen LogP contribution in [0.25, 0.3) is 0 Å². The summed E-state index contributed by atoms with van der Waals surface area (Å²) in [4.78, 5) is 0. The summed E-state index contributed by atoms with van der Waals surface area (Å²) < 4.78 is 1.03. The van der Waals surface area contributed by atoms with Crippen LogP contribution in [0.5, 0.6) is 0 Å². The van der Waals surface area contributed by atoms with Crippen LogP contribution in [-0.2, 0) is 5.60 Å². The molecule has 1 aromatic carbocycles. The Kier molecular flexibility index (Phi) is 4.15. The lowest BCUT2D eigenvalue weighted by atomic mass is 9.61. The average molecular weight is 312 g/mol. The normalized spacial score (nSPS) is 22.4. The Morgan fingerprint density at radius 3 is 2.28 bits per heavy atom. The molecule has 2 rings (SSSR count). The van der Waals surface area contributed by atoms with Crippen molar-refractivity contribution in [2.45, 2.75) is 44.6 Å². The van der Waals surface area contributed by atoms with Crippen molar-refractivity contribution in [2.24, 2.45) is 11.1 Å². The number of halogens is 1. The van der Waals surface area contributed by atoms with Crippen LogP contribution in [0.4, 0.5) is 0 Å². The summed E-state index contributed by atoms with van der Waals surface area (Å²) in [7, 11) is 0. The lowest BCUT2D eigenvalue weighted by molar-refractivity contribution is -0.0918. The molecule has 2 nitrogen and oxygen atoms in total. The van der Waals surface area contributed by atoms with Gasteiger partial charge in [-0.15, -0.1) is 0 Å². The zero-order valence-corrected chi connectivity index (χ0v) is 12.5. The van der Waals surface area contributed by atoms with Crippen molar-refractivity contribution in [3.63, 3.8) is 0 Å². The molecule has 0 amide bonds. The Morgan fingerprint density at radius 1 is 1.22 bits per heavy atom. The van der Waals surface area contributed by atoms with Gasteiger partial charge in [0, 0.05) is 16.4 Å². The fourth-order valence-electron chi connectivity index (χ4n) is 3.20. The molecule has 1 fully saturated rings. The Labute approximate surface area is 118 Å². The minimum atomic E-state index is -0.844. The number of aliphatic hydroxyl groups is 1. The van der Waals surface area contributed by atoms with Gasteiger partial charge in [-0.3, -0.25) is 0 Å². The van der Waals surface area contributed by atoms with Gasteiger partial charge in [0.15, 0.2) is 0 Å². The third kappa shape index (κ3) is 2.36. The van der Waals surface area contributed by atoms with Gasteiger partial charge in [0.1, 0.15) is 0 Å². The maximum absolute atomic E-state index is 11.1. The maximum atomic E-state index is 11.1. The van der Waals surface area contributed by atoms with E-state index in [0.717, 1.165) is 22.9 Å². The van der Waals surface area contributed by atoms with Crippen molar-refractivity contribution in [1.29, 1.82) is 0 Å². The number of hydrogen-bond donors (Lipinski definition) is 2. The van der Waals surface area contributed by atoms with Gasteiger partial charge >= 0.3 is 0 Å². The summed E-state index contributed by atoms with van der Waals surface area (Å²) in [6, 6.07) is 7.96. The Bertz CT molecular complexity index is 393. The Morgan fingerprint density at radius 2 is 1.78 bits per heavy atom. The van der Waals surface area contributed by atoms with Crippen molar-refractivity contribution >= 4 is 15.9 Å². The molecule has 0 radical (unpaired) electrons. The van der Waals surface area contributed by atoms with Gasteiger partial charge in [-0.25, -0.2) is 0 Å². The molecule has 3 N–H and O–H groups in total. The topological polar surface area (TPSA) is 46.2 Å². The van der Waals surface area contributed by atoms with E-state index < -0.39 is 5.60 Å². The standard InChI is InChI=1S/C15H22BrNO/c1-14(18,12-5-7-13(16)8-6-12)15(11-17)9-3-2-4-10-15/h5-8,18H,2-4,9-11,17H2,1H3. The van der Waals surface area contributed by atoms with Crippen molar-refractivity contribution < 1.29 is 5.11 Å². The first kappa shape index (κ1) is 14.0. The number of rotatable bonds is 3. The van der Waals surface area contributed by atoms with E-state index in [-0.39, 0.29) is 5.41 Å². The SMILES string of the molecule is CC(O)(c1ccc(Br)cc1)C1(CN)CCCCC1. The Hall–Kier alpha value is -0.380. The van der Waals surface area contributed by atoms with Crippen LogP contribution in [0.2, 0.25) is 0 Å². The molecule has 1 atom stereocenters. The summed E-state index contributed by atoms with van der Waals surface area (Å²) >= 11 is 3.43. The lowest BCUT2D eigenvalue weighted by Gasteiger charge is -2.47. The van der Waals surface area contributed by atoms with E-state index in [1.165, 1.54) is 19.3 Å². The van der Waals surface area contributed by atoms with Gasteiger partial charge in [-0.1, -0.05) is 47.3 Å². The quantitative estimate of drug-likeness (QED) is 0.896. The molecule has 0 heterocycles.